The average Bonchev–Trinajstić information content (AvgIpc) is 2.27. The van der Waals surface area contributed by atoms with Crippen LogP contribution in [0.3, 0.4) is 0 Å². The first-order valence-electron chi connectivity index (χ1n) is 4.17. The fourth-order valence-electron chi connectivity index (χ4n) is 1.46. The third-order valence-electron chi connectivity index (χ3n) is 2.09. The molecule has 0 spiro atoms. The zero-order valence-corrected chi connectivity index (χ0v) is 9.03. The highest BCUT2D eigenvalue weighted by molar-refractivity contribution is 8.21. The summed E-state index contributed by atoms with van der Waals surface area (Å²) in [6.45, 7) is 0. The summed E-state index contributed by atoms with van der Waals surface area (Å²) in [5, 5.41) is 1.17. The molecule has 15 heavy (non-hydrogen) atoms. The van der Waals surface area contributed by atoms with E-state index in [1.54, 1.807) is 24.4 Å². The van der Waals surface area contributed by atoms with Crippen LogP contribution >= 0.6 is 21.7 Å². The lowest BCUT2D eigenvalue weighted by atomic mass is 10.1. The van der Waals surface area contributed by atoms with Gasteiger partial charge in [-0.2, -0.15) is 0 Å². The first kappa shape index (κ1) is 10.6. The molecule has 0 radical (unpaired) electrons. The Kier molecular flexibility index (Phi) is 3.07. The summed E-state index contributed by atoms with van der Waals surface area (Å²) >= 11 is 0. The monoisotopic (exact) mass is 245 g/mol. The molecule has 0 saturated carbocycles. The van der Waals surface area contributed by atoms with Crippen molar-refractivity contribution in [2.45, 2.75) is 11.3 Å². The van der Waals surface area contributed by atoms with Crippen LogP contribution < -0.4 is 0 Å². The van der Waals surface area contributed by atoms with Crippen LogP contribution in [-0.2, 0) is 0 Å². The van der Waals surface area contributed by atoms with Crippen molar-refractivity contribution in [1.29, 1.82) is 0 Å². The Bertz CT molecular complexity index is 485. The Hall–Kier alpha value is -0.870. The van der Waals surface area contributed by atoms with Crippen LogP contribution in [0.1, 0.15) is 12.0 Å². The molecule has 0 unspecified atom stereocenters. The van der Waals surface area contributed by atoms with Crippen LogP contribution in [0.5, 0.6) is 0 Å². The molecule has 0 atom stereocenters. The number of halogens is 3. The van der Waals surface area contributed by atoms with Gasteiger partial charge in [0.15, 0.2) is 0 Å². The van der Waals surface area contributed by atoms with Crippen molar-refractivity contribution < 1.29 is 8.78 Å². The van der Waals surface area contributed by atoms with Crippen molar-refractivity contribution in [2.75, 3.05) is 0 Å². The number of hydrogen-bond donors (Lipinski definition) is 0. The number of alkyl halides is 2. The first-order valence-corrected chi connectivity index (χ1v) is 5.81. The van der Waals surface area contributed by atoms with E-state index in [9.17, 15) is 8.78 Å². The van der Waals surface area contributed by atoms with Gasteiger partial charge in [0.1, 0.15) is 0 Å². The maximum absolute atomic E-state index is 12.7. The predicted molar refractivity (Wildman–Crippen MR) is 58.4 cm³/mol. The first-order chi connectivity index (χ1) is 7.24. The second kappa shape index (κ2) is 4.33. The zero-order valence-electron chi connectivity index (χ0n) is 7.45. The third-order valence-corrected chi connectivity index (χ3v) is 3.10. The summed E-state index contributed by atoms with van der Waals surface area (Å²) in [5.41, 5.74) is -0.0729. The Labute approximate surface area is 94.0 Å². The van der Waals surface area contributed by atoms with Gasteiger partial charge in [0.25, 0.3) is 6.43 Å². The van der Waals surface area contributed by atoms with E-state index < -0.39 is 6.43 Å². The number of aromatic nitrogens is 1. The average molecular weight is 246 g/mol. The van der Waals surface area contributed by atoms with E-state index in [0.717, 1.165) is 11.0 Å². The highest BCUT2D eigenvalue weighted by atomic mass is 35.7. The van der Waals surface area contributed by atoms with Crippen LogP contribution in [0.4, 0.5) is 8.78 Å². The second-order valence-corrected chi connectivity index (χ2v) is 4.02. The van der Waals surface area contributed by atoms with Crippen LogP contribution in [-0.4, -0.2) is 4.98 Å². The van der Waals surface area contributed by atoms with E-state index in [0.29, 0.717) is 15.7 Å². The smallest absolute Gasteiger partial charge is 0.264 e. The zero-order chi connectivity index (χ0) is 10.8. The number of pyridine rings is 1. The highest BCUT2D eigenvalue weighted by Gasteiger charge is 2.14. The summed E-state index contributed by atoms with van der Waals surface area (Å²) in [6.07, 6.45) is 0.202. The molecule has 0 bridgehead atoms. The molecule has 0 fully saturated rings. The van der Waals surface area contributed by atoms with E-state index >= 15 is 0 Å². The number of benzene rings is 1. The van der Waals surface area contributed by atoms with E-state index in [1.165, 1.54) is 6.20 Å². The molecule has 0 aliphatic rings. The van der Waals surface area contributed by atoms with Crippen molar-refractivity contribution in [3.8, 4) is 0 Å². The molecule has 2 rings (SSSR count). The van der Waals surface area contributed by atoms with Crippen molar-refractivity contribution in [2.24, 2.45) is 0 Å². The Morgan fingerprint density at radius 1 is 1.27 bits per heavy atom. The number of nitrogens with zero attached hydrogens (tertiary/aromatic N) is 1. The van der Waals surface area contributed by atoms with Gasteiger partial charge in [-0.25, -0.2) is 8.78 Å². The second-order valence-electron chi connectivity index (χ2n) is 2.96. The Morgan fingerprint density at radius 3 is 2.73 bits per heavy atom. The van der Waals surface area contributed by atoms with E-state index in [1.807, 2.05) is 0 Å². The lowest BCUT2D eigenvalue weighted by Crippen LogP contribution is -1.90. The molecule has 1 aromatic carbocycles. The third kappa shape index (κ3) is 1.92. The van der Waals surface area contributed by atoms with Gasteiger partial charge in [0.05, 0.1) is 0 Å². The van der Waals surface area contributed by atoms with Gasteiger partial charge in [-0.3, -0.25) is 4.98 Å². The van der Waals surface area contributed by atoms with Gasteiger partial charge in [-0.1, -0.05) is 12.1 Å². The molecular weight excluding hydrogens is 240 g/mol. The van der Waals surface area contributed by atoms with Crippen LogP contribution in [0.25, 0.3) is 10.8 Å². The minimum atomic E-state index is -2.54. The number of rotatable bonds is 2. The minimum absolute atomic E-state index is 0.0729. The van der Waals surface area contributed by atoms with E-state index in [-0.39, 0.29) is 5.56 Å². The van der Waals surface area contributed by atoms with Crippen molar-refractivity contribution in [1.82, 2.24) is 4.98 Å². The fourth-order valence-corrected chi connectivity index (χ4v) is 2.29. The molecular formula is C10H6ClF2NS. The summed E-state index contributed by atoms with van der Waals surface area (Å²) in [6, 6.07) is 5.22. The lowest BCUT2D eigenvalue weighted by molar-refractivity contribution is 0.152. The summed E-state index contributed by atoms with van der Waals surface area (Å²) in [7, 11) is 6.57. The van der Waals surface area contributed by atoms with Gasteiger partial charge in [-0.15, -0.1) is 0 Å². The van der Waals surface area contributed by atoms with Crippen LogP contribution in [0.2, 0.25) is 0 Å². The quantitative estimate of drug-likeness (QED) is 0.777. The van der Waals surface area contributed by atoms with Gasteiger partial charge in [0, 0.05) is 33.6 Å². The van der Waals surface area contributed by atoms with Crippen LogP contribution in [0.15, 0.2) is 35.5 Å². The van der Waals surface area contributed by atoms with Gasteiger partial charge < -0.3 is 0 Å². The molecule has 0 amide bonds. The molecule has 1 heterocycles. The van der Waals surface area contributed by atoms with Gasteiger partial charge in [0.2, 0.25) is 0 Å². The number of hydrogen-bond acceptors (Lipinski definition) is 2. The molecule has 1 nitrogen and oxygen atoms in total. The summed E-state index contributed by atoms with van der Waals surface area (Å²) in [5.74, 6) is 0. The van der Waals surface area contributed by atoms with Gasteiger partial charge in [-0.05, 0) is 27.7 Å². The van der Waals surface area contributed by atoms with Crippen molar-refractivity contribution in [3.63, 3.8) is 0 Å². The summed E-state index contributed by atoms with van der Waals surface area (Å²) < 4.78 is 25.4. The maximum atomic E-state index is 12.7. The topological polar surface area (TPSA) is 12.9 Å². The van der Waals surface area contributed by atoms with E-state index in [2.05, 4.69) is 4.98 Å². The molecule has 0 saturated heterocycles. The molecule has 1 aromatic heterocycles. The Morgan fingerprint density at radius 2 is 2.07 bits per heavy atom. The van der Waals surface area contributed by atoms with Crippen molar-refractivity contribution >= 4 is 32.4 Å². The largest absolute Gasteiger partial charge is 0.265 e. The Balaban J connectivity index is 2.81. The fraction of sp³-hybridized carbons (Fsp3) is 0.100. The molecule has 0 aliphatic heterocycles. The predicted octanol–water partition coefficient (Wildman–Crippen LogP) is 4.42. The standard InChI is InChI=1S/C10H6ClF2NS/c11-15-8-3-1-2-6-4-14-5-7(9(6)8)10(12)13/h1-5,10H. The molecule has 2 aromatic rings. The normalized spacial score (nSPS) is 11.2. The minimum Gasteiger partial charge on any atom is -0.264 e. The van der Waals surface area contributed by atoms with Crippen molar-refractivity contribution in [3.05, 3.63) is 36.2 Å². The molecule has 0 aliphatic carbocycles. The lowest BCUT2D eigenvalue weighted by Gasteiger charge is -2.07. The molecule has 0 N–H and O–H groups in total. The summed E-state index contributed by atoms with van der Waals surface area (Å²) in [4.78, 5) is 4.41. The van der Waals surface area contributed by atoms with Gasteiger partial charge >= 0.3 is 0 Å². The van der Waals surface area contributed by atoms with E-state index in [4.69, 9.17) is 10.7 Å². The SMILES string of the molecule is FC(F)c1cncc2cccc(SCl)c12. The number of fused-ring (bicyclic) bond motifs is 1. The molecule has 5 heteroatoms. The van der Waals surface area contributed by atoms with Crippen LogP contribution in [0, 0.1) is 0 Å². The highest BCUT2D eigenvalue weighted by Crippen LogP contribution is 2.35. The maximum Gasteiger partial charge on any atom is 0.265 e. The molecule has 78 valence electrons.